The second-order valence-electron chi connectivity index (χ2n) is 5.08. The van der Waals surface area contributed by atoms with Gasteiger partial charge in [-0.2, -0.15) is 0 Å². The maximum absolute atomic E-state index is 5.73. The minimum atomic E-state index is 0.0492. The van der Waals surface area contributed by atoms with E-state index >= 15 is 0 Å². The molecule has 2 rings (SSSR count). The highest BCUT2D eigenvalue weighted by molar-refractivity contribution is 5.48. The van der Waals surface area contributed by atoms with Crippen LogP contribution < -0.4 is 11.1 Å². The topological polar surface area (TPSA) is 50.9 Å². The number of rotatable bonds is 4. The van der Waals surface area contributed by atoms with Crippen LogP contribution in [-0.2, 0) is 5.41 Å². The van der Waals surface area contributed by atoms with Gasteiger partial charge in [-0.1, -0.05) is 44.2 Å². The molecule has 94 valence electrons. The second-order valence-corrected chi connectivity index (χ2v) is 5.08. The van der Waals surface area contributed by atoms with Crippen molar-refractivity contribution in [3.8, 4) is 0 Å². The fourth-order valence-electron chi connectivity index (χ4n) is 1.85. The van der Waals surface area contributed by atoms with Crippen molar-refractivity contribution >= 4 is 11.5 Å². The third kappa shape index (κ3) is 3.00. The number of nitrogens with one attached hydrogen (secondary N) is 1. The number of pyridine rings is 1. The van der Waals surface area contributed by atoms with Gasteiger partial charge in [0, 0.05) is 29.9 Å². The average Bonchev–Trinajstić information content (AvgIpc) is 2.38. The summed E-state index contributed by atoms with van der Waals surface area (Å²) in [4.78, 5) is 4.25. The van der Waals surface area contributed by atoms with Crippen molar-refractivity contribution in [2.45, 2.75) is 19.3 Å². The predicted molar refractivity (Wildman–Crippen MR) is 76.6 cm³/mol. The summed E-state index contributed by atoms with van der Waals surface area (Å²) >= 11 is 0. The average molecular weight is 241 g/mol. The molecule has 18 heavy (non-hydrogen) atoms. The van der Waals surface area contributed by atoms with Crippen LogP contribution in [0.3, 0.4) is 0 Å². The Kier molecular flexibility index (Phi) is 3.51. The van der Waals surface area contributed by atoms with E-state index in [1.807, 2.05) is 12.1 Å². The first-order valence-corrected chi connectivity index (χ1v) is 6.09. The van der Waals surface area contributed by atoms with Crippen molar-refractivity contribution in [2.24, 2.45) is 0 Å². The van der Waals surface area contributed by atoms with Crippen molar-refractivity contribution in [2.75, 3.05) is 17.6 Å². The zero-order valence-corrected chi connectivity index (χ0v) is 10.9. The highest BCUT2D eigenvalue weighted by Gasteiger charge is 2.19. The molecule has 0 fully saturated rings. The van der Waals surface area contributed by atoms with Gasteiger partial charge >= 0.3 is 0 Å². The molecular weight excluding hydrogens is 222 g/mol. The summed E-state index contributed by atoms with van der Waals surface area (Å²) in [5.74, 6) is 0.819. The van der Waals surface area contributed by atoms with Crippen LogP contribution in [0.5, 0.6) is 0 Å². The Labute approximate surface area is 108 Å². The van der Waals surface area contributed by atoms with Crippen molar-refractivity contribution < 1.29 is 0 Å². The lowest BCUT2D eigenvalue weighted by Gasteiger charge is -2.26. The lowest BCUT2D eigenvalue weighted by molar-refractivity contribution is 0.556. The summed E-state index contributed by atoms with van der Waals surface area (Å²) in [6.07, 6.45) is 1.72. The first-order chi connectivity index (χ1) is 8.58. The fourth-order valence-corrected chi connectivity index (χ4v) is 1.85. The van der Waals surface area contributed by atoms with Crippen LogP contribution in [0, 0.1) is 0 Å². The Morgan fingerprint density at radius 1 is 1.17 bits per heavy atom. The number of hydrogen-bond acceptors (Lipinski definition) is 3. The third-order valence-electron chi connectivity index (χ3n) is 3.05. The standard InChI is InChI=1S/C15H19N3/c1-15(2,12-6-4-3-5-7-12)11-18-14-10-13(16)8-9-17-14/h3-10H,11H2,1-2H3,(H3,16,17,18). The monoisotopic (exact) mass is 241 g/mol. The Morgan fingerprint density at radius 3 is 2.56 bits per heavy atom. The van der Waals surface area contributed by atoms with E-state index in [2.05, 4.69) is 48.4 Å². The summed E-state index contributed by atoms with van der Waals surface area (Å²) in [6.45, 7) is 5.23. The van der Waals surface area contributed by atoms with E-state index in [-0.39, 0.29) is 5.41 Å². The molecule has 1 aromatic carbocycles. The van der Waals surface area contributed by atoms with Crippen LogP contribution in [0.1, 0.15) is 19.4 Å². The largest absolute Gasteiger partial charge is 0.399 e. The Bertz CT molecular complexity index is 506. The molecule has 0 radical (unpaired) electrons. The van der Waals surface area contributed by atoms with Gasteiger partial charge in [-0.3, -0.25) is 0 Å². The molecule has 0 aliphatic rings. The van der Waals surface area contributed by atoms with E-state index in [0.717, 1.165) is 18.1 Å². The minimum Gasteiger partial charge on any atom is -0.399 e. The maximum Gasteiger partial charge on any atom is 0.127 e. The molecular formula is C15H19N3. The molecule has 0 amide bonds. The van der Waals surface area contributed by atoms with Crippen LogP contribution in [0.2, 0.25) is 0 Å². The Hall–Kier alpha value is -2.03. The summed E-state index contributed by atoms with van der Waals surface area (Å²) in [7, 11) is 0. The summed E-state index contributed by atoms with van der Waals surface area (Å²) in [6, 6.07) is 14.1. The SMILES string of the molecule is CC(C)(CNc1cc(N)ccn1)c1ccccc1. The number of nitrogens with two attached hydrogens (primary N) is 1. The van der Waals surface area contributed by atoms with Crippen LogP contribution in [-0.4, -0.2) is 11.5 Å². The molecule has 0 saturated heterocycles. The number of benzene rings is 1. The van der Waals surface area contributed by atoms with Crippen molar-refractivity contribution in [1.29, 1.82) is 0 Å². The van der Waals surface area contributed by atoms with E-state index < -0.39 is 0 Å². The lowest BCUT2D eigenvalue weighted by atomic mass is 9.84. The quantitative estimate of drug-likeness (QED) is 0.865. The van der Waals surface area contributed by atoms with E-state index in [9.17, 15) is 0 Å². The highest BCUT2D eigenvalue weighted by Crippen LogP contribution is 2.23. The molecule has 2 aromatic rings. The molecule has 0 aliphatic heterocycles. The van der Waals surface area contributed by atoms with Gasteiger partial charge in [0.2, 0.25) is 0 Å². The lowest BCUT2D eigenvalue weighted by Crippen LogP contribution is -2.27. The third-order valence-corrected chi connectivity index (χ3v) is 3.05. The molecule has 1 aromatic heterocycles. The van der Waals surface area contributed by atoms with Crippen LogP contribution in [0.15, 0.2) is 48.7 Å². The van der Waals surface area contributed by atoms with Crippen molar-refractivity contribution in [3.63, 3.8) is 0 Å². The fraction of sp³-hybridized carbons (Fsp3) is 0.267. The highest BCUT2D eigenvalue weighted by atomic mass is 15.0. The first-order valence-electron chi connectivity index (χ1n) is 6.09. The molecule has 0 unspecified atom stereocenters. The number of nitrogen functional groups attached to an aromatic ring is 1. The smallest absolute Gasteiger partial charge is 0.127 e. The number of nitrogens with zero attached hydrogens (tertiary/aromatic N) is 1. The zero-order chi connectivity index (χ0) is 13.0. The van der Waals surface area contributed by atoms with E-state index in [1.165, 1.54) is 5.56 Å². The van der Waals surface area contributed by atoms with Crippen molar-refractivity contribution in [3.05, 3.63) is 54.2 Å². The second kappa shape index (κ2) is 5.08. The molecule has 0 aliphatic carbocycles. The van der Waals surface area contributed by atoms with Gasteiger partial charge in [0.05, 0.1) is 0 Å². The molecule has 3 nitrogen and oxygen atoms in total. The van der Waals surface area contributed by atoms with Gasteiger partial charge in [0.25, 0.3) is 0 Å². The van der Waals surface area contributed by atoms with Crippen LogP contribution in [0.4, 0.5) is 11.5 Å². The van der Waals surface area contributed by atoms with E-state index in [1.54, 1.807) is 12.3 Å². The van der Waals surface area contributed by atoms with Gasteiger partial charge < -0.3 is 11.1 Å². The van der Waals surface area contributed by atoms with Crippen molar-refractivity contribution in [1.82, 2.24) is 4.98 Å². The summed E-state index contributed by atoms with van der Waals surface area (Å²) in [5, 5.41) is 3.33. The van der Waals surface area contributed by atoms with E-state index in [0.29, 0.717) is 0 Å². The van der Waals surface area contributed by atoms with Gasteiger partial charge in [0.15, 0.2) is 0 Å². The number of aromatic nitrogens is 1. The van der Waals surface area contributed by atoms with E-state index in [4.69, 9.17) is 5.73 Å². The molecule has 0 bridgehead atoms. The maximum atomic E-state index is 5.73. The van der Waals surface area contributed by atoms with Crippen LogP contribution in [0.25, 0.3) is 0 Å². The first kappa shape index (κ1) is 12.4. The number of hydrogen-bond donors (Lipinski definition) is 2. The summed E-state index contributed by atoms with van der Waals surface area (Å²) < 4.78 is 0. The minimum absolute atomic E-state index is 0.0492. The molecule has 3 N–H and O–H groups in total. The molecule has 1 heterocycles. The van der Waals surface area contributed by atoms with Gasteiger partial charge in [-0.25, -0.2) is 4.98 Å². The molecule has 0 atom stereocenters. The Morgan fingerprint density at radius 2 is 1.89 bits per heavy atom. The van der Waals surface area contributed by atoms with Gasteiger partial charge in [-0.15, -0.1) is 0 Å². The summed E-state index contributed by atoms with van der Waals surface area (Å²) in [5.41, 5.74) is 7.81. The van der Waals surface area contributed by atoms with Gasteiger partial charge in [0.1, 0.15) is 5.82 Å². The van der Waals surface area contributed by atoms with Crippen LogP contribution >= 0.6 is 0 Å². The zero-order valence-electron chi connectivity index (χ0n) is 10.9. The molecule has 0 saturated carbocycles. The van der Waals surface area contributed by atoms with Gasteiger partial charge in [-0.05, 0) is 11.6 Å². The predicted octanol–water partition coefficient (Wildman–Crippen LogP) is 3.05. The normalized spacial score (nSPS) is 11.2. The molecule has 0 spiro atoms. The Balaban J connectivity index is 2.05. The number of anilines is 2. The molecule has 3 heteroatoms.